The van der Waals surface area contributed by atoms with Crippen LogP contribution in [0.15, 0.2) is 77.2 Å². The van der Waals surface area contributed by atoms with Gasteiger partial charge in [-0.05, 0) is 36.4 Å². The summed E-state index contributed by atoms with van der Waals surface area (Å²) < 4.78 is 16.4. The molecule has 7 nitrogen and oxygen atoms in total. The van der Waals surface area contributed by atoms with E-state index in [9.17, 15) is 9.59 Å². The van der Waals surface area contributed by atoms with Gasteiger partial charge < -0.3 is 24.5 Å². The summed E-state index contributed by atoms with van der Waals surface area (Å²) in [5.74, 6) is -0.216. The lowest BCUT2D eigenvalue weighted by molar-refractivity contribution is 0.0999. The molecule has 1 heterocycles. The van der Waals surface area contributed by atoms with Crippen LogP contribution in [0.4, 0.5) is 11.4 Å². The Kier molecular flexibility index (Phi) is 5.57. The number of hydrogen-bond donors (Lipinski definition) is 2. The second-order valence-corrected chi connectivity index (χ2v) is 6.62. The van der Waals surface area contributed by atoms with Crippen molar-refractivity contribution in [1.29, 1.82) is 0 Å². The van der Waals surface area contributed by atoms with Gasteiger partial charge in [0, 0.05) is 11.1 Å². The number of furan rings is 1. The average molecular weight is 416 g/mol. The first-order chi connectivity index (χ1) is 15.1. The summed E-state index contributed by atoms with van der Waals surface area (Å²) in [4.78, 5) is 26.1. The molecule has 0 aliphatic heterocycles. The highest BCUT2D eigenvalue weighted by Gasteiger charge is 2.24. The molecule has 2 amide bonds. The number of ether oxygens (including phenoxy) is 2. The zero-order chi connectivity index (χ0) is 21.8. The molecule has 7 heteroatoms. The molecule has 0 aliphatic rings. The fourth-order valence-corrected chi connectivity index (χ4v) is 3.29. The van der Waals surface area contributed by atoms with Crippen LogP contribution in [-0.2, 0) is 0 Å². The SMILES string of the molecule is COc1cccc(C(=O)Nc2c(C(=O)Nc3ccccc3)oc3ccccc23)c1OC. The fraction of sp³-hybridized carbons (Fsp3) is 0.0833. The molecule has 0 aliphatic carbocycles. The van der Waals surface area contributed by atoms with Gasteiger partial charge >= 0.3 is 0 Å². The summed E-state index contributed by atoms with van der Waals surface area (Å²) in [5.41, 5.74) is 1.63. The van der Waals surface area contributed by atoms with Crippen LogP contribution in [0.3, 0.4) is 0 Å². The average Bonchev–Trinajstić information content (AvgIpc) is 3.17. The van der Waals surface area contributed by atoms with Crippen LogP contribution >= 0.6 is 0 Å². The molecule has 0 spiro atoms. The van der Waals surface area contributed by atoms with Crippen LogP contribution in [0.2, 0.25) is 0 Å². The van der Waals surface area contributed by atoms with Gasteiger partial charge in [0.1, 0.15) is 11.3 Å². The van der Waals surface area contributed by atoms with Crippen LogP contribution in [0, 0.1) is 0 Å². The maximum atomic E-state index is 13.1. The Hall–Kier alpha value is -4.26. The number of amides is 2. The van der Waals surface area contributed by atoms with E-state index in [1.54, 1.807) is 54.6 Å². The fourth-order valence-electron chi connectivity index (χ4n) is 3.29. The quantitative estimate of drug-likeness (QED) is 0.464. The van der Waals surface area contributed by atoms with E-state index >= 15 is 0 Å². The minimum Gasteiger partial charge on any atom is -0.493 e. The van der Waals surface area contributed by atoms with Crippen molar-refractivity contribution >= 4 is 34.2 Å². The summed E-state index contributed by atoms with van der Waals surface area (Å²) >= 11 is 0. The van der Waals surface area contributed by atoms with Crippen molar-refractivity contribution < 1.29 is 23.5 Å². The Labute approximate surface area is 178 Å². The van der Waals surface area contributed by atoms with Gasteiger partial charge in [0.05, 0.1) is 19.8 Å². The predicted molar refractivity (Wildman–Crippen MR) is 118 cm³/mol. The maximum Gasteiger partial charge on any atom is 0.293 e. The van der Waals surface area contributed by atoms with E-state index < -0.39 is 11.8 Å². The van der Waals surface area contributed by atoms with Gasteiger partial charge in [0.2, 0.25) is 5.76 Å². The molecule has 0 saturated carbocycles. The zero-order valence-electron chi connectivity index (χ0n) is 17.0. The number of anilines is 2. The second kappa shape index (κ2) is 8.62. The van der Waals surface area contributed by atoms with E-state index in [1.165, 1.54) is 14.2 Å². The van der Waals surface area contributed by atoms with Crippen LogP contribution in [0.1, 0.15) is 20.9 Å². The topological polar surface area (TPSA) is 89.8 Å². The van der Waals surface area contributed by atoms with Gasteiger partial charge in [-0.1, -0.05) is 36.4 Å². The zero-order valence-corrected chi connectivity index (χ0v) is 17.0. The van der Waals surface area contributed by atoms with E-state index in [-0.39, 0.29) is 17.0 Å². The number of carbonyl (C=O) groups is 2. The third-order valence-electron chi connectivity index (χ3n) is 4.72. The second-order valence-electron chi connectivity index (χ2n) is 6.62. The lowest BCUT2D eigenvalue weighted by Crippen LogP contribution is -2.18. The Morgan fingerprint density at radius 2 is 1.52 bits per heavy atom. The van der Waals surface area contributed by atoms with Gasteiger partial charge in [0.15, 0.2) is 11.5 Å². The Morgan fingerprint density at radius 1 is 0.774 bits per heavy atom. The number of para-hydroxylation sites is 3. The van der Waals surface area contributed by atoms with E-state index in [0.717, 1.165) is 0 Å². The van der Waals surface area contributed by atoms with Gasteiger partial charge in [-0.15, -0.1) is 0 Å². The number of fused-ring (bicyclic) bond motifs is 1. The molecule has 4 aromatic rings. The normalized spacial score (nSPS) is 10.5. The van der Waals surface area contributed by atoms with Gasteiger partial charge in [-0.2, -0.15) is 0 Å². The van der Waals surface area contributed by atoms with Crippen LogP contribution in [-0.4, -0.2) is 26.0 Å². The van der Waals surface area contributed by atoms with Crippen molar-refractivity contribution in [2.45, 2.75) is 0 Å². The molecule has 1 aromatic heterocycles. The van der Waals surface area contributed by atoms with Crippen molar-refractivity contribution in [1.82, 2.24) is 0 Å². The molecule has 156 valence electrons. The van der Waals surface area contributed by atoms with E-state index in [0.29, 0.717) is 28.2 Å². The first kappa shape index (κ1) is 20.0. The summed E-state index contributed by atoms with van der Waals surface area (Å²) in [5, 5.41) is 6.21. The number of rotatable bonds is 6. The Morgan fingerprint density at radius 3 is 2.26 bits per heavy atom. The highest BCUT2D eigenvalue weighted by atomic mass is 16.5. The summed E-state index contributed by atoms with van der Waals surface area (Å²) in [7, 11) is 2.95. The van der Waals surface area contributed by atoms with Gasteiger partial charge in [-0.25, -0.2) is 0 Å². The Balaban J connectivity index is 1.73. The van der Waals surface area contributed by atoms with Crippen molar-refractivity contribution in [3.8, 4) is 11.5 Å². The third kappa shape index (κ3) is 3.93. The largest absolute Gasteiger partial charge is 0.493 e. The molecule has 2 N–H and O–H groups in total. The molecular weight excluding hydrogens is 396 g/mol. The van der Waals surface area contributed by atoms with E-state index in [2.05, 4.69) is 10.6 Å². The molecule has 0 fully saturated rings. The van der Waals surface area contributed by atoms with Crippen molar-refractivity contribution in [2.75, 3.05) is 24.9 Å². The van der Waals surface area contributed by atoms with Crippen molar-refractivity contribution in [2.24, 2.45) is 0 Å². The van der Waals surface area contributed by atoms with E-state index in [4.69, 9.17) is 13.9 Å². The summed E-state index contributed by atoms with van der Waals surface area (Å²) in [6.45, 7) is 0. The number of methoxy groups -OCH3 is 2. The number of benzene rings is 3. The lowest BCUT2D eigenvalue weighted by Gasteiger charge is -2.13. The van der Waals surface area contributed by atoms with Crippen LogP contribution in [0.25, 0.3) is 11.0 Å². The molecule has 3 aromatic carbocycles. The van der Waals surface area contributed by atoms with Crippen molar-refractivity contribution in [3.05, 3.63) is 84.1 Å². The summed E-state index contributed by atoms with van der Waals surface area (Å²) in [6, 6.07) is 21.1. The number of carbonyl (C=O) groups excluding carboxylic acids is 2. The lowest BCUT2D eigenvalue weighted by atomic mass is 10.1. The standard InChI is InChI=1S/C24H20N2O5/c1-29-19-14-8-12-17(21(19)30-2)23(27)26-20-16-11-6-7-13-18(16)31-22(20)24(28)25-15-9-4-3-5-10-15/h3-14H,1-2H3,(H,25,28)(H,26,27). The molecule has 4 rings (SSSR count). The van der Waals surface area contributed by atoms with Gasteiger partial charge in [-0.3, -0.25) is 9.59 Å². The Bertz CT molecular complexity index is 1250. The maximum absolute atomic E-state index is 13.1. The van der Waals surface area contributed by atoms with Crippen molar-refractivity contribution in [3.63, 3.8) is 0 Å². The molecule has 0 unspecified atom stereocenters. The first-order valence-electron chi connectivity index (χ1n) is 9.52. The highest BCUT2D eigenvalue weighted by Crippen LogP contribution is 2.34. The number of nitrogens with one attached hydrogen (secondary N) is 2. The minimum absolute atomic E-state index is 0.000246. The molecule has 0 bridgehead atoms. The monoisotopic (exact) mass is 416 g/mol. The van der Waals surface area contributed by atoms with Crippen LogP contribution in [0.5, 0.6) is 11.5 Å². The first-order valence-corrected chi connectivity index (χ1v) is 9.52. The molecule has 0 atom stereocenters. The molecule has 0 radical (unpaired) electrons. The highest BCUT2D eigenvalue weighted by molar-refractivity contribution is 6.17. The predicted octanol–water partition coefficient (Wildman–Crippen LogP) is 4.95. The minimum atomic E-state index is -0.477. The van der Waals surface area contributed by atoms with Crippen LogP contribution < -0.4 is 20.1 Å². The molecule has 0 saturated heterocycles. The molecular formula is C24H20N2O5. The van der Waals surface area contributed by atoms with E-state index in [1.807, 2.05) is 18.2 Å². The summed E-state index contributed by atoms with van der Waals surface area (Å²) in [6.07, 6.45) is 0. The number of hydrogen-bond acceptors (Lipinski definition) is 5. The smallest absolute Gasteiger partial charge is 0.293 e. The third-order valence-corrected chi connectivity index (χ3v) is 4.72. The van der Waals surface area contributed by atoms with Gasteiger partial charge in [0.25, 0.3) is 11.8 Å². The molecule has 31 heavy (non-hydrogen) atoms.